The molecule has 1 amide bonds. The molecule has 1 aromatic heterocycles. The van der Waals surface area contributed by atoms with E-state index in [2.05, 4.69) is 0 Å². The van der Waals surface area contributed by atoms with E-state index in [1.54, 1.807) is 30.5 Å². The van der Waals surface area contributed by atoms with Crippen LogP contribution in [0.4, 0.5) is 0 Å². The first-order chi connectivity index (χ1) is 11.0. The highest BCUT2D eigenvalue weighted by atomic mass is 35.5. The fourth-order valence-corrected chi connectivity index (χ4v) is 2.66. The minimum absolute atomic E-state index is 0.156. The average Bonchev–Trinajstić information content (AvgIpc) is 2.88. The Morgan fingerprint density at radius 2 is 1.83 bits per heavy atom. The third-order valence-corrected chi connectivity index (χ3v) is 3.91. The maximum absolute atomic E-state index is 11.6. The summed E-state index contributed by atoms with van der Waals surface area (Å²) >= 11 is 5.88. The summed E-state index contributed by atoms with van der Waals surface area (Å²) in [7, 11) is 0. The molecule has 116 valence electrons. The van der Waals surface area contributed by atoms with Gasteiger partial charge in [0.15, 0.2) is 0 Å². The molecule has 6 heteroatoms. The van der Waals surface area contributed by atoms with Crippen LogP contribution in [-0.4, -0.2) is 21.6 Å². The number of nitrogens with zero attached hydrogens (tertiary/aromatic N) is 1. The van der Waals surface area contributed by atoms with E-state index in [-0.39, 0.29) is 5.56 Å². The summed E-state index contributed by atoms with van der Waals surface area (Å²) in [5.41, 5.74) is 7.56. The van der Waals surface area contributed by atoms with Gasteiger partial charge in [0.05, 0.1) is 11.1 Å². The van der Waals surface area contributed by atoms with Gasteiger partial charge in [-0.05, 0) is 29.8 Å². The number of aromatic nitrogens is 1. The number of fused-ring (bicyclic) bond motifs is 1. The summed E-state index contributed by atoms with van der Waals surface area (Å²) in [6, 6.07) is 11.9. The van der Waals surface area contributed by atoms with Crippen molar-refractivity contribution in [2.45, 2.75) is 6.54 Å². The Morgan fingerprint density at radius 3 is 2.43 bits per heavy atom. The number of carboxylic acid groups (broad SMARTS) is 1. The molecule has 3 N–H and O–H groups in total. The fourth-order valence-electron chi connectivity index (χ4n) is 2.54. The Morgan fingerprint density at radius 1 is 1.13 bits per heavy atom. The van der Waals surface area contributed by atoms with Gasteiger partial charge in [0.2, 0.25) is 0 Å². The number of halogens is 1. The topological polar surface area (TPSA) is 85.3 Å². The van der Waals surface area contributed by atoms with Gasteiger partial charge < -0.3 is 15.4 Å². The lowest BCUT2D eigenvalue weighted by Gasteiger charge is -2.06. The van der Waals surface area contributed by atoms with Crippen LogP contribution in [-0.2, 0) is 6.54 Å². The molecule has 0 unspecified atom stereocenters. The number of primary amides is 1. The van der Waals surface area contributed by atoms with Gasteiger partial charge in [0.1, 0.15) is 0 Å². The van der Waals surface area contributed by atoms with E-state index < -0.39 is 11.9 Å². The van der Waals surface area contributed by atoms with Crippen LogP contribution in [0.5, 0.6) is 0 Å². The number of carbonyl (C=O) groups excluding carboxylic acids is 1. The number of aromatic carboxylic acids is 1. The molecule has 0 aliphatic heterocycles. The molecular weight excluding hydrogens is 316 g/mol. The van der Waals surface area contributed by atoms with E-state index in [1.807, 2.05) is 16.7 Å². The van der Waals surface area contributed by atoms with Gasteiger partial charge >= 0.3 is 5.97 Å². The van der Waals surface area contributed by atoms with Crippen molar-refractivity contribution >= 4 is 34.4 Å². The smallest absolute Gasteiger partial charge is 0.335 e. The molecular formula is C17H13ClN2O3. The standard InChI is InChI=1S/C17H13ClN2O3/c18-12-4-1-10(2-5-12)8-20-9-14(16(19)21)13-6-3-11(17(22)23)7-15(13)20/h1-7,9H,8H2,(H2,19,21)(H,22,23). The van der Waals surface area contributed by atoms with Crippen molar-refractivity contribution in [3.05, 3.63) is 70.4 Å². The normalized spacial score (nSPS) is 10.8. The number of hydrogen-bond donors (Lipinski definition) is 2. The number of rotatable bonds is 4. The summed E-state index contributed by atoms with van der Waals surface area (Å²) < 4.78 is 1.81. The Hall–Kier alpha value is -2.79. The third-order valence-electron chi connectivity index (χ3n) is 3.66. The molecule has 0 fully saturated rings. The van der Waals surface area contributed by atoms with Gasteiger partial charge in [-0.15, -0.1) is 0 Å². The van der Waals surface area contributed by atoms with Crippen LogP contribution < -0.4 is 5.73 Å². The van der Waals surface area contributed by atoms with E-state index in [1.165, 1.54) is 6.07 Å². The van der Waals surface area contributed by atoms with E-state index in [0.29, 0.717) is 28.0 Å². The molecule has 0 atom stereocenters. The van der Waals surface area contributed by atoms with E-state index in [0.717, 1.165) is 5.56 Å². The highest BCUT2D eigenvalue weighted by Crippen LogP contribution is 2.24. The highest BCUT2D eigenvalue weighted by molar-refractivity contribution is 6.30. The van der Waals surface area contributed by atoms with E-state index >= 15 is 0 Å². The van der Waals surface area contributed by atoms with Crippen molar-refractivity contribution in [2.24, 2.45) is 5.73 Å². The summed E-state index contributed by atoms with van der Waals surface area (Å²) in [5.74, 6) is -1.57. The van der Waals surface area contributed by atoms with Crippen molar-refractivity contribution in [1.82, 2.24) is 4.57 Å². The Balaban J connectivity index is 2.14. The highest BCUT2D eigenvalue weighted by Gasteiger charge is 2.15. The van der Waals surface area contributed by atoms with E-state index in [9.17, 15) is 9.59 Å². The van der Waals surface area contributed by atoms with Crippen LogP contribution >= 0.6 is 11.6 Å². The van der Waals surface area contributed by atoms with Gasteiger partial charge in [0.25, 0.3) is 5.91 Å². The lowest BCUT2D eigenvalue weighted by atomic mass is 10.1. The van der Waals surface area contributed by atoms with Gasteiger partial charge in [-0.2, -0.15) is 0 Å². The zero-order chi connectivity index (χ0) is 16.6. The summed E-state index contributed by atoms with van der Waals surface area (Å²) in [4.78, 5) is 22.8. The largest absolute Gasteiger partial charge is 0.478 e. The lowest BCUT2D eigenvalue weighted by Crippen LogP contribution is -2.10. The second-order valence-electron chi connectivity index (χ2n) is 5.20. The van der Waals surface area contributed by atoms with Crippen molar-refractivity contribution in [3.8, 4) is 0 Å². The predicted octanol–water partition coefficient (Wildman–Crippen LogP) is 3.14. The second-order valence-corrected chi connectivity index (χ2v) is 5.63. The minimum Gasteiger partial charge on any atom is -0.478 e. The fraction of sp³-hybridized carbons (Fsp3) is 0.0588. The van der Waals surface area contributed by atoms with Crippen LogP contribution in [0.1, 0.15) is 26.3 Å². The molecule has 0 bridgehead atoms. The number of amides is 1. The molecule has 0 radical (unpaired) electrons. The first kappa shape index (κ1) is 15.1. The number of carboxylic acids is 1. The zero-order valence-corrected chi connectivity index (χ0v) is 12.7. The van der Waals surface area contributed by atoms with Crippen LogP contribution in [0.25, 0.3) is 10.9 Å². The van der Waals surface area contributed by atoms with Crippen LogP contribution in [0.15, 0.2) is 48.7 Å². The van der Waals surface area contributed by atoms with Crippen molar-refractivity contribution in [3.63, 3.8) is 0 Å². The van der Waals surface area contributed by atoms with Crippen molar-refractivity contribution < 1.29 is 14.7 Å². The summed E-state index contributed by atoms with van der Waals surface area (Å²) in [6.45, 7) is 0.476. The Labute approximate surface area is 136 Å². The number of nitrogens with two attached hydrogens (primary N) is 1. The molecule has 2 aromatic carbocycles. The van der Waals surface area contributed by atoms with Gasteiger partial charge in [-0.3, -0.25) is 4.79 Å². The van der Waals surface area contributed by atoms with Crippen LogP contribution in [0.2, 0.25) is 5.02 Å². The van der Waals surface area contributed by atoms with Crippen molar-refractivity contribution in [2.75, 3.05) is 0 Å². The molecule has 3 rings (SSSR count). The number of hydrogen-bond acceptors (Lipinski definition) is 2. The maximum Gasteiger partial charge on any atom is 0.335 e. The maximum atomic E-state index is 11.6. The molecule has 0 saturated heterocycles. The quantitative estimate of drug-likeness (QED) is 0.771. The molecule has 1 heterocycles. The first-order valence-corrected chi connectivity index (χ1v) is 7.24. The molecule has 0 aliphatic rings. The van der Waals surface area contributed by atoms with Gasteiger partial charge in [-0.1, -0.05) is 29.8 Å². The molecule has 0 spiro atoms. The monoisotopic (exact) mass is 328 g/mol. The molecule has 3 aromatic rings. The molecule has 0 saturated carbocycles. The van der Waals surface area contributed by atoms with Crippen molar-refractivity contribution in [1.29, 1.82) is 0 Å². The van der Waals surface area contributed by atoms with E-state index in [4.69, 9.17) is 22.4 Å². The van der Waals surface area contributed by atoms with Gasteiger partial charge in [0, 0.05) is 28.7 Å². The zero-order valence-electron chi connectivity index (χ0n) is 12.0. The first-order valence-electron chi connectivity index (χ1n) is 6.86. The lowest BCUT2D eigenvalue weighted by molar-refractivity contribution is 0.0697. The Bertz CT molecular complexity index is 913. The second kappa shape index (κ2) is 5.78. The molecule has 5 nitrogen and oxygen atoms in total. The number of carbonyl (C=O) groups is 2. The molecule has 0 aliphatic carbocycles. The summed E-state index contributed by atoms with van der Waals surface area (Å²) in [5, 5.41) is 10.4. The number of benzene rings is 2. The predicted molar refractivity (Wildman–Crippen MR) is 88.0 cm³/mol. The SMILES string of the molecule is NC(=O)c1cn(Cc2ccc(Cl)cc2)c2cc(C(=O)O)ccc12. The van der Waals surface area contributed by atoms with Crippen LogP contribution in [0, 0.1) is 0 Å². The van der Waals surface area contributed by atoms with Gasteiger partial charge in [-0.25, -0.2) is 4.79 Å². The van der Waals surface area contributed by atoms with Crippen LogP contribution in [0.3, 0.4) is 0 Å². The third kappa shape index (κ3) is 2.91. The molecule has 23 heavy (non-hydrogen) atoms. The Kier molecular flexibility index (Phi) is 3.80. The summed E-state index contributed by atoms with van der Waals surface area (Å²) in [6.07, 6.45) is 1.65. The minimum atomic E-state index is -1.02. The average molecular weight is 329 g/mol.